The van der Waals surface area contributed by atoms with Gasteiger partial charge in [0.2, 0.25) is 0 Å². The van der Waals surface area contributed by atoms with Crippen molar-refractivity contribution >= 4 is 28.9 Å². The first-order valence-electron chi connectivity index (χ1n) is 4.11. The topological polar surface area (TPSA) is 72.3 Å². The van der Waals surface area contributed by atoms with E-state index in [2.05, 4.69) is 0 Å². The number of benzene rings is 1. The molecule has 0 fully saturated rings. The van der Waals surface area contributed by atoms with Crippen molar-refractivity contribution in [3.05, 3.63) is 27.7 Å². The van der Waals surface area contributed by atoms with Gasteiger partial charge in [-0.05, 0) is 24.6 Å². The molecular weight excluding hydrogens is 223 g/mol. The molecule has 0 radical (unpaired) electrons. The molecule has 0 amide bonds. The Kier molecular flexibility index (Phi) is 3.61. The molecule has 1 aromatic carbocycles. The predicted octanol–water partition coefficient (Wildman–Crippen LogP) is 1.96. The Morgan fingerprint density at radius 2 is 1.93 bits per heavy atom. The minimum atomic E-state index is -0.702. The first kappa shape index (κ1) is 11.6. The zero-order chi connectivity index (χ0) is 10.9. The van der Waals surface area contributed by atoms with Gasteiger partial charge in [0.1, 0.15) is 0 Å². The summed E-state index contributed by atoms with van der Waals surface area (Å²) in [5.74, 6) is 0. The van der Waals surface area contributed by atoms with Gasteiger partial charge < -0.3 is 16.6 Å². The number of hydrogen-bond acceptors (Lipinski definition) is 3. The van der Waals surface area contributed by atoms with Crippen LogP contribution in [-0.4, -0.2) is 11.2 Å². The highest BCUT2D eigenvalue weighted by Gasteiger charge is 2.17. The third kappa shape index (κ3) is 2.30. The smallest absolute Gasteiger partial charge is 0.0705 e. The molecule has 14 heavy (non-hydrogen) atoms. The predicted molar refractivity (Wildman–Crippen MR) is 59.5 cm³/mol. The number of rotatable bonds is 2. The second-order valence-corrected chi connectivity index (χ2v) is 4.00. The Hall–Kier alpha value is -0.480. The number of halogens is 2. The second-order valence-electron chi connectivity index (χ2n) is 3.16. The summed E-state index contributed by atoms with van der Waals surface area (Å²) in [6.07, 6.45) is -0.702. The molecule has 2 atom stereocenters. The molecule has 1 rings (SSSR count). The molecule has 0 bridgehead atoms. The quantitative estimate of drug-likeness (QED) is 0.686. The fraction of sp³-hybridized carbons (Fsp3) is 0.333. The number of aliphatic hydroxyl groups excluding tert-OH is 1. The Morgan fingerprint density at radius 1 is 1.36 bits per heavy atom. The summed E-state index contributed by atoms with van der Waals surface area (Å²) in [6.45, 7) is 1.58. The molecule has 0 aliphatic rings. The largest absolute Gasteiger partial charge is 0.397 e. The molecule has 0 heterocycles. The Balaban J connectivity index is 3.20. The maximum absolute atomic E-state index is 9.31. The fourth-order valence-corrected chi connectivity index (χ4v) is 1.65. The van der Waals surface area contributed by atoms with E-state index in [-0.39, 0.29) is 0 Å². The van der Waals surface area contributed by atoms with E-state index in [4.69, 9.17) is 34.7 Å². The molecule has 0 saturated carbocycles. The number of aliphatic hydroxyl groups is 1. The molecular formula is C9H12Cl2N2O. The summed E-state index contributed by atoms with van der Waals surface area (Å²) in [4.78, 5) is 0. The summed E-state index contributed by atoms with van der Waals surface area (Å²) >= 11 is 11.6. The average Bonchev–Trinajstić information content (AvgIpc) is 2.09. The number of hydrogen-bond donors (Lipinski definition) is 3. The summed E-state index contributed by atoms with van der Waals surface area (Å²) in [6, 6.07) is 2.57. The first-order chi connectivity index (χ1) is 6.43. The Labute approximate surface area is 92.6 Å². The van der Waals surface area contributed by atoms with E-state index in [1.807, 2.05) is 0 Å². The van der Waals surface area contributed by atoms with Gasteiger partial charge in [0, 0.05) is 5.02 Å². The third-order valence-corrected chi connectivity index (χ3v) is 2.54. The van der Waals surface area contributed by atoms with Crippen molar-refractivity contribution in [2.24, 2.45) is 5.73 Å². The minimum absolute atomic E-state index is 0.351. The van der Waals surface area contributed by atoms with Gasteiger partial charge in [-0.2, -0.15) is 0 Å². The van der Waals surface area contributed by atoms with Crippen molar-refractivity contribution in [3.8, 4) is 0 Å². The highest BCUT2D eigenvalue weighted by Crippen LogP contribution is 2.31. The lowest BCUT2D eigenvalue weighted by Gasteiger charge is -2.18. The summed E-state index contributed by atoms with van der Waals surface area (Å²) < 4.78 is 0. The SMILES string of the molecule is C[C@H](O)[C@H](N)c1cc(Cl)cc(Cl)c1N. The molecule has 0 aliphatic carbocycles. The molecule has 0 aliphatic heterocycles. The molecule has 0 aromatic heterocycles. The number of nitrogens with two attached hydrogens (primary N) is 2. The Morgan fingerprint density at radius 3 is 2.43 bits per heavy atom. The van der Waals surface area contributed by atoms with Gasteiger partial charge in [-0.3, -0.25) is 0 Å². The van der Waals surface area contributed by atoms with Crippen LogP contribution in [0.4, 0.5) is 5.69 Å². The molecule has 3 nitrogen and oxygen atoms in total. The van der Waals surface area contributed by atoms with Crippen LogP contribution in [-0.2, 0) is 0 Å². The second kappa shape index (κ2) is 4.36. The molecule has 0 spiro atoms. The van der Waals surface area contributed by atoms with Crippen molar-refractivity contribution in [2.45, 2.75) is 19.1 Å². The van der Waals surface area contributed by atoms with E-state index in [0.717, 1.165) is 0 Å². The van der Waals surface area contributed by atoms with Crippen LogP contribution in [0.2, 0.25) is 10.0 Å². The van der Waals surface area contributed by atoms with Gasteiger partial charge in [0.05, 0.1) is 22.9 Å². The van der Waals surface area contributed by atoms with Crippen molar-refractivity contribution in [2.75, 3.05) is 5.73 Å². The molecule has 5 N–H and O–H groups in total. The van der Waals surface area contributed by atoms with Crippen LogP contribution in [0.15, 0.2) is 12.1 Å². The van der Waals surface area contributed by atoms with Crippen LogP contribution >= 0.6 is 23.2 Å². The van der Waals surface area contributed by atoms with Crippen LogP contribution in [0.25, 0.3) is 0 Å². The molecule has 0 saturated heterocycles. The molecule has 78 valence electrons. The molecule has 0 unspecified atom stereocenters. The van der Waals surface area contributed by atoms with Crippen molar-refractivity contribution in [1.82, 2.24) is 0 Å². The number of anilines is 1. The maximum Gasteiger partial charge on any atom is 0.0705 e. The maximum atomic E-state index is 9.31. The van der Waals surface area contributed by atoms with Gasteiger partial charge in [-0.1, -0.05) is 23.2 Å². The van der Waals surface area contributed by atoms with E-state index in [9.17, 15) is 5.11 Å². The number of nitrogen functional groups attached to an aromatic ring is 1. The summed E-state index contributed by atoms with van der Waals surface area (Å²) in [7, 11) is 0. The van der Waals surface area contributed by atoms with Crippen LogP contribution in [0, 0.1) is 0 Å². The fourth-order valence-electron chi connectivity index (χ4n) is 1.14. The van der Waals surface area contributed by atoms with Crippen LogP contribution < -0.4 is 11.5 Å². The van der Waals surface area contributed by atoms with Crippen molar-refractivity contribution in [1.29, 1.82) is 0 Å². The van der Waals surface area contributed by atoms with E-state index in [0.29, 0.717) is 21.3 Å². The first-order valence-corrected chi connectivity index (χ1v) is 4.87. The van der Waals surface area contributed by atoms with E-state index < -0.39 is 12.1 Å². The summed E-state index contributed by atoms with van der Waals surface area (Å²) in [5, 5.41) is 10.1. The van der Waals surface area contributed by atoms with Crippen LogP contribution in [0.3, 0.4) is 0 Å². The van der Waals surface area contributed by atoms with E-state index in [1.54, 1.807) is 13.0 Å². The van der Waals surface area contributed by atoms with E-state index >= 15 is 0 Å². The van der Waals surface area contributed by atoms with Gasteiger partial charge in [0.15, 0.2) is 0 Å². The molecule has 5 heteroatoms. The van der Waals surface area contributed by atoms with Gasteiger partial charge >= 0.3 is 0 Å². The lowest BCUT2D eigenvalue weighted by atomic mass is 10.0. The van der Waals surface area contributed by atoms with Gasteiger partial charge in [0.25, 0.3) is 0 Å². The minimum Gasteiger partial charge on any atom is -0.397 e. The highest BCUT2D eigenvalue weighted by molar-refractivity contribution is 6.36. The zero-order valence-corrected chi connectivity index (χ0v) is 9.18. The van der Waals surface area contributed by atoms with Crippen LogP contribution in [0.1, 0.15) is 18.5 Å². The van der Waals surface area contributed by atoms with Crippen molar-refractivity contribution < 1.29 is 5.11 Å². The van der Waals surface area contributed by atoms with Crippen molar-refractivity contribution in [3.63, 3.8) is 0 Å². The standard InChI is InChI=1S/C9H12Cl2N2O/c1-4(14)8(12)6-2-5(10)3-7(11)9(6)13/h2-4,8,14H,12-13H2,1H3/t4-,8-/m0/s1. The highest BCUT2D eigenvalue weighted by atomic mass is 35.5. The lowest BCUT2D eigenvalue weighted by molar-refractivity contribution is 0.164. The normalized spacial score (nSPS) is 15.2. The zero-order valence-electron chi connectivity index (χ0n) is 7.67. The van der Waals surface area contributed by atoms with E-state index in [1.165, 1.54) is 6.07 Å². The monoisotopic (exact) mass is 234 g/mol. The summed E-state index contributed by atoms with van der Waals surface area (Å²) in [5.41, 5.74) is 12.4. The lowest BCUT2D eigenvalue weighted by Crippen LogP contribution is -2.24. The van der Waals surface area contributed by atoms with Gasteiger partial charge in [-0.15, -0.1) is 0 Å². The average molecular weight is 235 g/mol. The van der Waals surface area contributed by atoms with Gasteiger partial charge in [-0.25, -0.2) is 0 Å². The third-order valence-electron chi connectivity index (χ3n) is 2.01. The molecule has 1 aromatic rings. The van der Waals surface area contributed by atoms with Crippen LogP contribution in [0.5, 0.6) is 0 Å². The Bertz CT molecular complexity index is 342.